The van der Waals surface area contributed by atoms with Crippen molar-refractivity contribution in [3.05, 3.63) is 6.33 Å². The first-order chi connectivity index (χ1) is 9.20. The van der Waals surface area contributed by atoms with Crippen LogP contribution < -0.4 is 11.3 Å². The van der Waals surface area contributed by atoms with Gasteiger partial charge in [-0.05, 0) is 12.8 Å². The quantitative estimate of drug-likeness (QED) is 0.286. The fraction of sp³-hybridized carbons (Fsp3) is 0.600. The van der Waals surface area contributed by atoms with Gasteiger partial charge in [0.25, 0.3) is 0 Å². The van der Waals surface area contributed by atoms with Gasteiger partial charge >= 0.3 is 0 Å². The molecule has 0 spiro atoms. The molecule has 2 amide bonds. The van der Waals surface area contributed by atoms with Crippen molar-refractivity contribution < 1.29 is 9.59 Å². The number of rotatable bonds is 4. The number of H-pyrrole nitrogens is 1. The molecule has 1 fully saturated rings. The molecule has 2 heterocycles. The Bertz CT molecular complexity index is 429. The van der Waals surface area contributed by atoms with Crippen LogP contribution in [0.25, 0.3) is 0 Å². The van der Waals surface area contributed by atoms with Crippen LogP contribution in [0.15, 0.2) is 11.5 Å². The van der Waals surface area contributed by atoms with E-state index in [0.29, 0.717) is 36.8 Å². The van der Waals surface area contributed by atoms with Gasteiger partial charge in [0, 0.05) is 19.0 Å². The summed E-state index contributed by atoms with van der Waals surface area (Å²) in [7, 11) is 0. The third kappa shape index (κ3) is 3.67. The highest BCUT2D eigenvalue weighted by atomic mass is 32.2. The lowest BCUT2D eigenvalue weighted by Gasteiger charge is -2.30. The smallest absolute Gasteiger partial charge is 0.237 e. The van der Waals surface area contributed by atoms with Gasteiger partial charge in [0.1, 0.15) is 6.33 Å². The van der Waals surface area contributed by atoms with Crippen molar-refractivity contribution >= 4 is 23.6 Å². The van der Waals surface area contributed by atoms with Crippen molar-refractivity contribution in [2.75, 3.05) is 18.8 Å². The predicted molar refractivity (Wildman–Crippen MR) is 68.7 cm³/mol. The van der Waals surface area contributed by atoms with Crippen LogP contribution in [-0.2, 0) is 9.59 Å². The van der Waals surface area contributed by atoms with Crippen LogP contribution in [-0.4, -0.2) is 50.7 Å². The summed E-state index contributed by atoms with van der Waals surface area (Å²) >= 11 is 1.32. The number of nitrogens with zero attached hydrogens (tertiary/aromatic N) is 3. The largest absolute Gasteiger partial charge is 0.342 e. The molecule has 9 heteroatoms. The zero-order chi connectivity index (χ0) is 13.7. The van der Waals surface area contributed by atoms with Crippen LogP contribution in [0.4, 0.5) is 0 Å². The average Bonchev–Trinajstić information content (AvgIpc) is 2.97. The number of hydrogen-bond acceptors (Lipinski definition) is 6. The summed E-state index contributed by atoms with van der Waals surface area (Å²) in [4.78, 5) is 29.0. The SMILES string of the molecule is NNC(=O)C1CCN(C(=O)CSc2ncn[nH]2)CC1. The van der Waals surface area contributed by atoms with Crippen LogP contribution >= 0.6 is 11.8 Å². The average molecular weight is 284 g/mol. The van der Waals surface area contributed by atoms with E-state index < -0.39 is 0 Å². The fourth-order valence-corrected chi connectivity index (χ4v) is 2.68. The van der Waals surface area contributed by atoms with Gasteiger partial charge < -0.3 is 4.90 Å². The molecule has 0 aliphatic carbocycles. The fourth-order valence-electron chi connectivity index (χ4n) is 1.99. The van der Waals surface area contributed by atoms with E-state index in [2.05, 4.69) is 20.6 Å². The molecule has 1 saturated heterocycles. The Labute approximate surface area is 114 Å². The van der Waals surface area contributed by atoms with Gasteiger partial charge in [-0.25, -0.2) is 10.8 Å². The van der Waals surface area contributed by atoms with Crippen LogP contribution in [0.3, 0.4) is 0 Å². The number of amides is 2. The lowest BCUT2D eigenvalue weighted by atomic mass is 9.96. The number of piperidine rings is 1. The number of hydrazine groups is 1. The van der Waals surface area contributed by atoms with Gasteiger partial charge in [-0.1, -0.05) is 11.8 Å². The number of carbonyl (C=O) groups excluding carboxylic acids is 2. The Balaban J connectivity index is 1.74. The highest BCUT2D eigenvalue weighted by Gasteiger charge is 2.26. The zero-order valence-corrected chi connectivity index (χ0v) is 11.2. The van der Waals surface area contributed by atoms with Gasteiger partial charge in [0.15, 0.2) is 5.16 Å². The number of carbonyl (C=O) groups is 2. The number of hydrogen-bond donors (Lipinski definition) is 3. The van der Waals surface area contributed by atoms with Crippen molar-refractivity contribution in [3.8, 4) is 0 Å². The Morgan fingerprint density at radius 3 is 2.84 bits per heavy atom. The Hall–Kier alpha value is -1.61. The Morgan fingerprint density at radius 2 is 2.26 bits per heavy atom. The summed E-state index contributed by atoms with van der Waals surface area (Å²) in [5, 5.41) is 7.03. The van der Waals surface area contributed by atoms with E-state index in [1.54, 1.807) is 4.90 Å². The standard InChI is InChI=1S/C10H16N6O2S/c11-14-9(18)7-1-3-16(4-2-7)8(17)5-19-10-12-6-13-15-10/h6-7H,1-5,11H2,(H,14,18)(H,12,13,15). The molecule has 0 aromatic carbocycles. The molecule has 1 aliphatic heterocycles. The number of nitrogens with two attached hydrogens (primary N) is 1. The van der Waals surface area contributed by atoms with Crippen molar-refractivity contribution in [1.82, 2.24) is 25.5 Å². The third-order valence-corrected chi connectivity index (χ3v) is 3.95. The number of aromatic nitrogens is 3. The molecular formula is C10H16N6O2S. The van der Waals surface area contributed by atoms with Gasteiger partial charge in [-0.3, -0.25) is 20.1 Å². The molecule has 1 aromatic heterocycles. The molecule has 0 bridgehead atoms. The lowest BCUT2D eigenvalue weighted by molar-refractivity contribution is -0.133. The summed E-state index contributed by atoms with van der Waals surface area (Å²) in [6.45, 7) is 1.18. The van der Waals surface area contributed by atoms with E-state index >= 15 is 0 Å². The molecular weight excluding hydrogens is 268 g/mol. The monoisotopic (exact) mass is 284 g/mol. The summed E-state index contributed by atoms with van der Waals surface area (Å²) in [5.41, 5.74) is 2.16. The topological polar surface area (TPSA) is 117 Å². The second-order valence-corrected chi connectivity index (χ2v) is 5.21. The number of aromatic amines is 1. The van der Waals surface area contributed by atoms with Crippen molar-refractivity contribution in [3.63, 3.8) is 0 Å². The van der Waals surface area contributed by atoms with Gasteiger partial charge in [-0.15, -0.1) is 0 Å². The molecule has 1 aliphatic rings. The van der Waals surface area contributed by atoms with Crippen molar-refractivity contribution in [2.45, 2.75) is 18.0 Å². The van der Waals surface area contributed by atoms with Gasteiger partial charge in [0.2, 0.25) is 11.8 Å². The normalized spacial score (nSPS) is 16.4. The first-order valence-electron chi connectivity index (χ1n) is 5.97. The molecule has 0 unspecified atom stereocenters. The maximum Gasteiger partial charge on any atom is 0.237 e. The van der Waals surface area contributed by atoms with E-state index in [4.69, 9.17) is 5.84 Å². The minimum Gasteiger partial charge on any atom is -0.342 e. The van der Waals surface area contributed by atoms with Crippen LogP contribution in [0.1, 0.15) is 12.8 Å². The minimum absolute atomic E-state index is 0.0491. The highest BCUT2D eigenvalue weighted by Crippen LogP contribution is 2.19. The maximum atomic E-state index is 12.0. The number of likely N-dealkylation sites (tertiary alicyclic amines) is 1. The van der Waals surface area contributed by atoms with Crippen LogP contribution in [0, 0.1) is 5.92 Å². The molecule has 1 aromatic rings. The molecule has 0 saturated carbocycles. The molecule has 4 N–H and O–H groups in total. The second-order valence-electron chi connectivity index (χ2n) is 4.24. The van der Waals surface area contributed by atoms with E-state index in [9.17, 15) is 9.59 Å². The first-order valence-corrected chi connectivity index (χ1v) is 6.95. The van der Waals surface area contributed by atoms with Crippen LogP contribution in [0.2, 0.25) is 0 Å². The first kappa shape index (κ1) is 13.8. The van der Waals surface area contributed by atoms with Gasteiger partial charge in [0.05, 0.1) is 5.75 Å². The lowest BCUT2D eigenvalue weighted by Crippen LogP contribution is -2.45. The minimum atomic E-state index is -0.150. The highest BCUT2D eigenvalue weighted by molar-refractivity contribution is 7.99. The molecule has 0 atom stereocenters. The van der Waals surface area contributed by atoms with E-state index in [0.717, 1.165) is 0 Å². The van der Waals surface area contributed by atoms with Crippen molar-refractivity contribution in [1.29, 1.82) is 0 Å². The summed E-state index contributed by atoms with van der Waals surface area (Å²) < 4.78 is 0. The summed E-state index contributed by atoms with van der Waals surface area (Å²) in [6.07, 6.45) is 2.72. The third-order valence-electron chi connectivity index (χ3n) is 3.09. The molecule has 8 nitrogen and oxygen atoms in total. The van der Waals surface area contributed by atoms with Gasteiger partial charge in [-0.2, -0.15) is 5.10 Å². The maximum absolute atomic E-state index is 12.0. The Morgan fingerprint density at radius 1 is 1.53 bits per heavy atom. The van der Waals surface area contributed by atoms with E-state index in [-0.39, 0.29) is 17.7 Å². The van der Waals surface area contributed by atoms with E-state index in [1.807, 2.05) is 0 Å². The second kappa shape index (κ2) is 6.53. The molecule has 2 rings (SSSR count). The van der Waals surface area contributed by atoms with E-state index in [1.165, 1.54) is 18.1 Å². The zero-order valence-electron chi connectivity index (χ0n) is 10.3. The number of thioether (sulfide) groups is 1. The van der Waals surface area contributed by atoms with Crippen molar-refractivity contribution in [2.24, 2.45) is 11.8 Å². The number of nitrogens with one attached hydrogen (secondary N) is 2. The van der Waals surface area contributed by atoms with Crippen LogP contribution in [0.5, 0.6) is 0 Å². The predicted octanol–water partition coefficient (Wildman–Crippen LogP) is -0.875. The molecule has 104 valence electrons. The summed E-state index contributed by atoms with van der Waals surface area (Å²) in [6, 6.07) is 0. The Kier molecular flexibility index (Phi) is 4.74. The molecule has 0 radical (unpaired) electrons. The molecule has 19 heavy (non-hydrogen) atoms. The summed E-state index contributed by atoms with van der Waals surface area (Å²) in [5.74, 6) is 5.23.